The maximum absolute atomic E-state index is 14.2. The lowest BCUT2D eigenvalue weighted by atomic mass is 9.96. The van der Waals surface area contributed by atoms with E-state index in [1.807, 2.05) is 0 Å². The summed E-state index contributed by atoms with van der Waals surface area (Å²) in [7, 11) is 0. The molecule has 0 unspecified atom stereocenters. The molecule has 1 aromatic carbocycles. The molecule has 1 aromatic rings. The fourth-order valence-electron chi connectivity index (χ4n) is 7.60. The highest BCUT2D eigenvalue weighted by atomic mass is 32.2. The summed E-state index contributed by atoms with van der Waals surface area (Å²) in [5.41, 5.74) is 17.7. The van der Waals surface area contributed by atoms with Gasteiger partial charge in [-0.2, -0.15) is 11.8 Å². The van der Waals surface area contributed by atoms with Gasteiger partial charge in [0, 0.05) is 13.0 Å². The Bertz CT molecular complexity index is 2290. The summed E-state index contributed by atoms with van der Waals surface area (Å²) in [6.45, 7) is 9.84. The Morgan fingerprint density at radius 2 is 1.00 bits per heavy atom. The standard InChI is InChI=1S/C50H80N12O16S/c1-8-27(6)40(48(76)57-32(18-20-79-7)42(70)55-30(15-12-19-54-50(52)53)43(71)61-39(26(4)5)49(77)78)62-44(72)31(16-17-36(63)64)56-46(74)34(23-37(65)66)60-47(75)35(24-38(67)68)59-45(73)33(21-25(2)3)58-41(69)29(51)22-28-13-10-9-11-14-28/h9-11,13-14,25-27,29-35,39-40H,8,12,15-24,51H2,1-7H3,(H,55,70)(H,56,74)(H,57,76)(H,58,69)(H,59,73)(H,60,75)(H,61,71)(H,62,72)(H,63,64)(H,65,66)(H,67,68)(H,77,78)(H4,52,53,54)/t27-,29-,30-,31-,32-,33-,34-,35-,39-,40-/m0/s1. The normalized spacial score (nSPS) is 14.9. The highest BCUT2D eigenvalue weighted by Gasteiger charge is 2.37. The Morgan fingerprint density at radius 3 is 1.46 bits per heavy atom. The Hall–Kier alpha value is -7.56. The van der Waals surface area contributed by atoms with Crippen LogP contribution in [0.3, 0.4) is 0 Å². The van der Waals surface area contributed by atoms with E-state index >= 15 is 0 Å². The number of amides is 8. The number of nitrogens with zero attached hydrogens (tertiary/aromatic N) is 1. The number of carbonyl (C=O) groups is 12. The van der Waals surface area contributed by atoms with Crippen LogP contribution < -0.4 is 59.7 Å². The molecular weight excluding hydrogens is 1060 g/mol. The number of aliphatic imine (C=N–C) groups is 1. The number of hydrogen-bond acceptors (Lipinski definition) is 15. The molecule has 29 heteroatoms. The summed E-state index contributed by atoms with van der Waals surface area (Å²) in [6, 6.07) is -5.16. The highest BCUT2D eigenvalue weighted by molar-refractivity contribution is 7.98. The Labute approximate surface area is 462 Å². The van der Waals surface area contributed by atoms with E-state index in [1.54, 1.807) is 78.1 Å². The molecule has 0 heterocycles. The Balaban J connectivity index is 3.52. The zero-order valence-electron chi connectivity index (χ0n) is 45.6. The molecule has 1 rings (SSSR count). The van der Waals surface area contributed by atoms with Gasteiger partial charge >= 0.3 is 23.9 Å². The molecule has 8 amide bonds. The smallest absolute Gasteiger partial charge is 0.326 e. The molecule has 0 saturated carbocycles. The van der Waals surface area contributed by atoms with Crippen LogP contribution in [0.1, 0.15) is 105 Å². The molecule has 18 N–H and O–H groups in total. The zero-order chi connectivity index (χ0) is 60.1. The first kappa shape index (κ1) is 69.5. The van der Waals surface area contributed by atoms with Gasteiger partial charge in [0.1, 0.15) is 48.3 Å². The van der Waals surface area contributed by atoms with Gasteiger partial charge in [-0.3, -0.25) is 57.7 Å². The van der Waals surface area contributed by atoms with Crippen molar-refractivity contribution in [3.63, 3.8) is 0 Å². The number of nitrogens with two attached hydrogens (primary N) is 3. The maximum atomic E-state index is 14.2. The van der Waals surface area contributed by atoms with Crippen molar-refractivity contribution in [3.05, 3.63) is 35.9 Å². The third-order valence-electron chi connectivity index (χ3n) is 12.1. The number of aliphatic carboxylic acids is 4. The molecule has 0 radical (unpaired) electrons. The van der Waals surface area contributed by atoms with Crippen molar-refractivity contribution in [2.24, 2.45) is 39.9 Å². The molecule has 28 nitrogen and oxygen atoms in total. The minimum absolute atomic E-state index is 0.00487. The number of benzene rings is 1. The molecule has 0 spiro atoms. The Kier molecular flexibility index (Phi) is 31.5. The van der Waals surface area contributed by atoms with Gasteiger partial charge in [-0.25, -0.2) is 4.79 Å². The summed E-state index contributed by atoms with van der Waals surface area (Å²) >= 11 is 1.31. The number of rotatable bonds is 38. The largest absolute Gasteiger partial charge is 0.481 e. The van der Waals surface area contributed by atoms with E-state index in [-0.39, 0.29) is 62.7 Å². The van der Waals surface area contributed by atoms with Gasteiger partial charge in [0.2, 0.25) is 47.3 Å². The van der Waals surface area contributed by atoms with Crippen LogP contribution in [0, 0.1) is 17.8 Å². The number of nitrogens with one attached hydrogen (secondary N) is 8. The summed E-state index contributed by atoms with van der Waals surface area (Å²) in [5.74, 6) is -15.8. The third-order valence-corrected chi connectivity index (χ3v) is 12.8. The molecule has 79 heavy (non-hydrogen) atoms. The first-order chi connectivity index (χ1) is 37.0. The predicted octanol–water partition coefficient (Wildman–Crippen LogP) is -2.11. The maximum Gasteiger partial charge on any atom is 0.326 e. The second-order valence-corrected chi connectivity index (χ2v) is 20.6. The molecule has 0 fully saturated rings. The summed E-state index contributed by atoms with van der Waals surface area (Å²) in [4.78, 5) is 162. The van der Waals surface area contributed by atoms with E-state index < -0.39 is 163 Å². The van der Waals surface area contributed by atoms with Gasteiger partial charge in [-0.1, -0.05) is 78.3 Å². The second kappa shape index (κ2) is 35.8. The summed E-state index contributed by atoms with van der Waals surface area (Å²) in [5, 5.41) is 58.0. The highest BCUT2D eigenvalue weighted by Crippen LogP contribution is 2.14. The number of guanidine groups is 1. The van der Waals surface area contributed by atoms with Gasteiger partial charge in [-0.15, -0.1) is 0 Å². The first-order valence-electron chi connectivity index (χ1n) is 25.7. The van der Waals surface area contributed by atoms with E-state index in [2.05, 4.69) is 47.5 Å². The minimum atomic E-state index is -2.09. The predicted molar refractivity (Wildman–Crippen MR) is 289 cm³/mol. The van der Waals surface area contributed by atoms with Crippen molar-refractivity contribution < 1.29 is 78.0 Å². The lowest BCUT2D eigenvalue weighted by molar-refractivity contribution is -0.144. The number of hydrogen-bond donors (Lipinski definition) is 15. The van der Waals surface area contributed by atoms with Crippen molar-refractivity contribution in [1.29, 1.82) is 0 Å². The van der Waals surface area contributed by atoms with E-state index in [1.165, 1.54) is 11.8 Å². The van der Waals surface area contributed by atoms with Crippen molar-refractivity contribution in [2.45, 2.75) is 160 Å². The van der Waals surface area contributed by atoms with Gasteiger partial charge in [0.15, 0.2) is 5.96 Å². The van der Waals surface area contributed by atoms with Crippen LogP contribution in [0.15, 0.2) is 35.3 Å². The second-order valence-electron chi connectivity index (χ2n) is 19.6. The molecular formula is C50H80N12O16S. The number of thioether (sulfide) groups is 1. The lowest BCUT2D eigenvalue weighted by Crippen LogP contribution is -2.61. The molecule has 0 saturated heterocycles. The average Bonchev–Trinajstić information content (AvgIpc) is 3.36. The quantitative estimate of drug-likeness (QED) is 0.0191. The SMILES string of the molecule is CC[C@H](C)[C@H](NC(=O)[C@H](CCC(=O)O)NC(=O)[C@H](CC(=O)O)NC(=O)[C@H](CC(=O)O)NC(=O)[C@H](CC(C)C)NC(=O)[C@@H](N)Cc1ccccc1)C(=O)N[C@@H](CCSC)C(=O)N[C@@H](CCCN=C(N)N)C(=O)N[C@H](C(=O)O)C(C)C. The summed E-state index contributed by atoms with van der Waals surface area (Å²) < 4.78 is 0. The van der Waals surface area contributed by atoms with Gasteiger partial charge in [0.05, 0.1) is 18.9 Å². The van der Waals surface area contributed by atoms with Gasteiger partial charge in [-0.05, 0) is 73.9 Å². The van der Waals surface area contributed by atoms with Crippen LogP contribution in [0.4, 0.5) is 0 Å². The van der Waals surface area contributed by atoms with Crippen LogP contribution in [0.5, 0.6) is 0 Å². The third kappa shape index (κ3) is 27.1. The minimum Gasteiger partial charge on any atom is -0.481 e. The van der Waals surface area contributed by atoms with Gasteiger partial charge in [0.25, 0.3) is 0 Å². The van der Waals surface area contributed by atoms with Gasteiger partial charge < -0.3 is 80.2 Å². The number of carboxylic acids is 4. The fraction of sp³-hybridized carbons (Fsp3) is 0.620. The average molecular weight is 1140 g/mol. The molecule has 0 bridgehead atoms. The molecule has 0 aliphatic carbocycles. The number of carboxylic acid groups (broad SMARTS) is 4. The topological polar surface area (TPSA) is 472 Å². The van der Waals surface area contributed by atoms with Crippen molar-refractivity contribution in [1.82, 2.24) is 42.5 Å². The van der Waals surface area contributed by atoms with Crippen LogP contribution in [0.2, 0.25) is 0 Å². The van der Waals surface area contributed by atoms with Crippen LogP contribution in [-0.2, 0) is 64.0 Å². The lowest BCUT2D eigenvalue weighted by Gasteiger charge is -2.29. The van der Waals surface area contributed by atoms with Crippen molar-refractivity contribution in [3.8, 4) is 0 Å². The molecule has 0 aliphatic rings. The van der Waals surface area contributed by atoms with E-state index in [4.69, 9.17) is 17.2 Å². The molecule has 10 atom stereocenters. The monoisotopic (exact) mass is 1140 g/mol. The summed E-state index contributed by atoms with van der Waals surface area (Å²) in [6.07, 6.45) is -1.61. The number of carbonyl (C=O) groups excluding carboxylic acids is 8. The fourth-order valence-corrected chi connectivity index (χ4v) is 8.07. The molecule has 442 valence electrons. The van der Waals surface area contributed by atoms with Crippen molar-refractivity contribution >= 4 is 88.9 Å². The van der Waals surface area contributed by atoms with Crippen LogP contribution in [0.25, 0.3) is 0 Å². The van der Waals surface area contributed by atoms with Crippen LogP contribution >= 0.6 is 11.8 Å². The van der Waals surface area contributed by atoms with E-state index in [0.29, 0.717) is 0 Å². The Morgan fingerprint density at radius 1 is 0.557 bits per heavy atom. The zero-order valence-corrected chi connectivity index (χ0v) is 46.4. The van der Waals surface area contributed by atoms with Crippen molar-refractivity contribution in [2.75, 3.05) is 18.6 Å². The molecule has 0 aromatic heterocycles. The van der Waals surface area contributed by atoms with E-state index in [9.17, 15) is 78.0 Å². The van der Waals surface area contributed by atoms with E-state index in [0.717, 1.165) is 5.56 Å². The molecule has 0 aliphatic heterocycles. The first-order valence-corrected chi connectivity index (χ1v) is 27.1. The van der Waals surface area contributed by atoms with Crippen LogP contribution in [-0.4, -0.2) is 170 Å².